The molecule has 0 saturated heterocycles. The van der Waals surface area contributed by atoms with Gasteiger partial charge in [0.15, 0.2) is 0 Å². The van der Waals surface area contributed by atoms with Crippen LogP contribution < -0.4 is 0 Å². The van der Waals surface area contributed by atoms with Crippen LogP contribution in [0.15, 0.2) is 58.3 Å². The first-order valence-electron chi connectivity index (χ1n) is 7.56. The zero-order valence-electron chi connectivity index (χ0n) is 13.7. The summed E-state index contributed by atoms with van der Waals surface area (Å²) in [5, 5.41) is 4.38. The number of hydrogen-bond acceptors (Lipinski definition) is 3. The van der Waals surface area contributed by atoms with Crippen LogP contribution in [0.4, 0.5) is 4.39 Å². The van der Waals surface area contributed by atoms with Gasteiger partial charge >= 0.3 is 0 Å². The van der Waals surface area contributed by atoms with E-state index in [9.17, 15) is 9.18 Å². The van der Waals surface area contributed by atoms with Crippen molar-refractivity contribution in [3.63, 3.8) is 0 Å². The van der Waals surface area contributed by atoms with E-state index >= 15 is 0 Å². The largest absolute Gasteiger partial charge is 0.278 e. The van der Waals surface area contributed by atoms with Gasteiger partial charge in [-0.15, -0.1) is 0 Å². The number of carbonyl (C=O) groups excluding carboxylic acids is 1. The van der Waals surface area contributed by atoms with Gasteiger partial charge in [0.1, 0.15) is 5.82 Å². The summed E-state index contributed by atoms with van der Waals surface area (Å²) in [7, 11) is 0. The fourth-order valence-corrected chi connectivity index (χ4v) is 3.34. The number of nitrogens with zero attached hydrogens (tertiary/aromatic N) is 2. The van der Waals surface area contributed by atoms with Crippen molar-refractivity contribution in [2.75, 3.05) is 0 Å². The molecule has 3 aromatic rings. The molecule has 122 valence electrons. The van der Waals surface area contributed by atoms with Crippen molar-refractivity contribution in [2.24, 2.45) is 0 Å². The molecule has 0 fully saturated rings. The molecular weight excluding hydrogens is 323 g/mol. The summed E-state index contributed by atoms with van der Waals surface area (Å²) in [4.78, 5) is 14.7. The molecule has 0 amide bonds. The van der Waals surface area contributed by atoms with Crippen molar-refractivity contribution < 1.29 is 9.18 Å². The number of rotatable bonds is 3. The Morgan fingerprint density at radius 1 is 1.00 bits per heavy atom. The topological polar surface area (TPSA) is 34.9 Å². The van der Waals surface area contributed by atoms with Gasteiger partial charge in [0.05, 0.1) is 16.3 Å². The Morgan fingerprint density at radius 2 is 1.62 bits per heavy atom. The van der Waals surface area contributed by atoms with Crippen LogP contribution in [0.25, 0.3) is 0 Å². The standard InChI is InChI=1S/C19H17FN2OS/c1-12-4-10-17(11-5-12)24-18-13(2)21-22(14(18)3)19(23)15-6-8-16(20)9-7-15/h4-11H,1-3H3. The first-order valence-corrected chi connectivity index (χ1v) is 8.38. The average Bonchev–Trinajstić information content (AvgIpc) is 2.85. The quantitative estimate of drug-likeness (QED) is 0.688. The normalized spacial score (nSPS) is 10.8. The zero-order chi connectivity index (χ0) is 17.3. The van der Waals surface area contributed by atoms with Crippen molar-refractivity contribution in [1.82, 2.24) is 9.78 Å². The van der Waals surface area contributed by atoms with E-state index < -0.39 is 0 Å². The number of aryl methyl sites for hydroxylation is 2. The Balaban J connectivity index is 1.92. The second-order valence-corrected chi connectivity index (χ2v) is 6.72. The van der Waals surface area contributed by atoms with Crippen molar-refractivity contribution in [3.8, 4) is 0 Å². The predicted octanol–water partition coefficient (Wildman–Crippen LogP) is 4.79. The minimum absolute atomic E-state index is 0.258. The molecule has 5 heteroatoms. The Kier molecular flexibility index (Phi) is 4.53. The summed E-state index contributed by atoms with van der Waals surface area (Å²) in [6, 6.07) is 13.7. The third-order valence-corrected chi connectivity index (χ3v) is 5.05. The van der Waals surface area contributed by atoms with E-state index in [0.29, 0.717) is 5.56 Å². The minimum atomic E-state index is -0.365. The Labute approximate surface area is 144 Å². The van der Waals surface area contributed by atoms with E-state index in [1.54, 1.807) is 11.8 Å². The number of halogens is 1. The molecule has 0 radical (unpaired) electrons. The number of hydrogen-bond donors (Lipinski definition) is 0. The lowest BCUT2D eigenvalue weighted by atomic mass is 10.2. The van der Waals surface area contributed by atoms with Gasteiger partial charge < -0.3 is 0 Å². The van der Waals surface area contributed by atoms with E-state index in [4.69, 9.17) is 0 Å². The van der Waals surface area contributed by atoms with Gasteiger partial charge in [-0.25, -0.2) is 4.39 Å². The van der Waals surface area contributed by atoms with Crippen molar-refractivity contribution in [1.29, 1.82) is 0 Å². The van der Waals surface area contributed by atoms with Crippen LogP contribution >= 0.6 is 11.8 Å². The second-order valence-electron chi connectivity index (χ2n) is 5.64. The second kappa shape index (κ2) is 6.61. The lowest BCUT2D eigenvalue weighted by Gasteiger charge is -2.05. The van der Waals surface area contributed by atoms with E-state index in [0.717, 1.165) is 21.2 Å². The van der Waals surface area contributed by atoms with Gasteiger partial charge in [-0.1, -0.05) is 29.5 Å². The average molecular weight is 340 g/mol. The molecule has 3 rings (SSSR count). The maximum absolute atomic E-state index is 13.0. The van der Waals surface area contributed by atoms with Crippen LogP contribution in [0, 0.1) is 26.6 Å². The third-order valence-electron chi connectivity index (χ3n) is 3.75. The first-order chi connectivity index (χ1) is 11.5. The Morgan fingerprint density at radius 3 is 2.25 bits per heavy atom. The smallest absolute Gasteiger partial charge is 0.267 e. The van der Waals surface area contributed by atoms with Crippen LogP contribution in [0.2, 0.25) is 0 Å². The third kappa shape index (κ3) is 3.26. The van der Waals surface area contributed by atoms with Crippen molar-refractivity contribution >= 4 is 17.7 Å². The zero-order valence-corrected chi connectivity index (χ0v) is 14.5. The summed E-state index contributed by atoms with van der Waals surface area (Å²) >= 11 is 1.59. The van der Waals surface area contributed by atoms with E-state index in [-0.39, 0.29) is 11.7 Å². The highest BCUT2D eigenvalue weighted by atomic mass is 32.2. The molecule has 0 unspecified atom stereocenters. The summed E-state index contributed by atoms with van der Waals surface area (Å²) in [5.41, 5.74) is 3.20. The molecular formula is C19H17FN2OS. The molecule has 0 aliphatic carbocycles. The van der Waals surface area contributed by atoms with Crippen molar-refractivity contribution in [2.45, 2.75) is 30.6 Å². The fourth-order valence-electron chi connectivity index (χ4n) is 2.41. The van der Waals surface area contributed by atoms with Gasteiger partial charge in [0, 0.05) is 10.5 Å². The van der Waals surface area contributed by atoms with Gasteiger partial charge in [0.2, 0.25) is 0 Å². The Bertz CT molecular complexity index is 883. The highest BCUT2D eigenvalue weighted by molar-refractivity contribution is 7.99. The summed E-state index contributed by atoms with van der Waals surface area (Å²) in [5.74, 6) is -0.623. The molecule has 0 aliphatic heterocycles. The minimum Gasteiger partial charge on any atom is -0.267 e. The molecule has 0 bridgehead atoms. The molecule has 0 N–H and O–H groups in total. The molecule has 24 heavy (non-hydrogen) atoms. The lowest BCUT2D eigenvalue weighted by molar-refractivity contribution is 0.0942. The van der Waals surface area contributed by atoms with Crippen LogP contribution in [0.5, 0.6) is 0 Å². The number of aromatic nitrogens is 2. The van der Waals surface area contributed by atoms with Gasteiger partial charge in [-0.05, 0) is 57.2 Å². The van der Waals surface area contributed by atoms with E-state index in [1.165, 1.54) is 34.5 Å². The van der Waals surface area contributed by atoms with E-state index in [1.807, 2.05) is 20.8 Å². The highest BCUT2D eigenvalue weighted by Crippen LogP contribution is 2.33. The molecule has 1 heterocycles. The fraction of sp³-hybridized carbons (Fsp3) is 0.158. The Hall–Kier alpha value is -2.40. The van der Waals surface area contributed by atoms with Gasteiger partial charge in [-0.3, -0.25) is 4.79 Å². The molecule has 1 aromatic heterocycles. The first kappa shape index (κ1) is 16.5. The van der Waals surface area contributed by atoms with E-state index in [2.05, 4.69) is 29.4 Å². The summed E-state index contributed by atoms with van der Waals surface area (Å²) in [6.07, 6.45) is 0. The monoisotopic (exact) mass is 340 g/mol. The molecule has 0 spiro atoms. The maximum atomic E-state index is 13.0. The molecule has 2 aromatic carbocycles. The maximum Gasteiger partial charge on any atom is 0.278 e. The van der Waals surface area contributed by atoms with Crippen molar-refractivity contribution in [3.05, 3.63) is 76.9 Å². The van der Waals surface area contributed by atoms with Gasteiger partial charge in [0.25, 0.3) is 5.91 Å². The summed E-state index contributed by atoms with van der Waals surface area (Å²) < 4.78 is 14.4. The van der Waals surface area contributed by atoms with Gasteiger partial charge in [-0.2, -0.15) is 9.78 Å². The lowest BCUT2D eigenvalue weighted by Crippen LogP contribution is -2.15. The molecule has 0 saturated carbocycles. The predicted molar refractivity (Wildman–Crippen MR) is 93.1 cm³/mol. The van der Waals surface area contributed by atoms with Crippen LogP contribution in [0.1, 0.15) is 27.3 Å². The number of benzene rings is 2. The highest BCUT2D eigenvalue weighted by Gasteiger charge is 2.18. The van der Waals surface area contributed by atoms with Crippen LogP contribution in [0.3, 0.4) is 0 Å². The van der Waals surface area contributed by atoms with Crippen LogP contribution in [-0.4, -0.2) is 15.7 Å². The molecule has 0 atom stereocenters. The molecule has 3 nitrogen and oxygen atoms in total. The summed E-state index contributed by atoms with van der Waals surface area (Å²) in [6.45, 7) is 5.81. The molecule has 0 aliphatic rings. The van der Waals surface area contributed by atoms with Crippen LogP contribution in [-0.2, 0) is 0 Å². The number of carbonyl (C=O) groups is 1. The SMILES string of the molecule is Cc1ccc(Sc2c(C)nn(C(=O)c3ccc(F)cc3)c2C)cc1.